The van der Waals surface area contributed by atoms with Crippen LogP contribution in [0.5, 0.6) is 0 Å². The van der Waals surface area contributed by atoms with Gasteiger partial charge in [0.15, 0.2) is 0 Å². The number of carboxylic acid groups (broad SMARTS) is 1. The molecule has 0 saturated carbocycles. The monoisotopic (exact) mass is 263 g/mol. The Bertz CT molecular complexity index is 476. The first-order valence-corrected chi connectivity index (χ1v) is 6.64. The molecule has 5 heteroatoms. The molecule has 5 nitrogen and oxygen atoms in total. The second kappa shape index (κ2) is 5.57. The summed E-state index contributed by atoms with van der Waals surface area (Å²) in [6, 6.07) is 2.02. The van der Waals surface area contributed by atoms with E-state index in [4.69, 9.17) is 0 Å². The van der Waals surface area contributed by atoms with Crippen molar-refractivity contribution in [1.29, 1.82) is 0 Å². The molecule has 1 aromatic rings. The van der Waals surface area contributed by atoms with Crippen molar-refractivity contribution in [2.45, 2.75) is 26.3 Å². The molecule has 0 bridgehead atoms. The number of aromatic carboxylic acids is 1. The maximum Gasteiger partial charge on any atom is 0.339 e. The highest BCUT2D eigenvalue weighted by Gasteiger charge is 2.25. The summed E-state index contributed by atoms with van der Waals surface area (Å²) in [4.78, 5) is 20.2. The van der Waals surface area contributed by atoms with Crippen molar-refractivity contribution < 1.29 is 9.90 Å². The molecule has 1 atom stereocenters. The fourth-order valence-corrected chi connectivity index (χ4v) is 2.71. The van der Waals surface area contributed by atoms with Gasteiger partial charge in [0.2, 0.25) is 0 Å². The van der Waals surface area contributed by atoms with Gasteiger partial charge in [0, 0.05) is 25.3 Å². The number of nitrogens with zero attached hydrogens (tertiary/aromatic N) is 3. The number of hydrogen-bond acceptors (Lipinski definition) is 4. The highest BCUT2D eigenvalue weighted by molar-refractivity contribution is 5.95. The summed E-state index contributed by atoms with van der Waals surface area (Å²) >= 11 is 0. The molecular formula is C14H21N3O2. The van der Waals surface area contributed by atoms with Gasteiger partial charge in [-0.15, -0.1) is 0 Å². The topological polar surface area (TPSA) is 56.7 Å². The smallest absolute Gasteiger partial charge is 0.339 e. The fourth-order valence-electron chi connectivity index (χ4n) is 2.71. The van der Waals surface area contributed by atoms with E-state index in [-0.39, 0.29) is 6.04 Å². The van der Waals surface area contributed by atoms with Crippen molar-refractivity contribution in [1.82, 2.24) is 9.88 Å². The molecule has 1 N–H and O–H groups in total. The van der Waals surface area contributed by atoms with E-state index >= 15 is 0 Å². The molecule has 1 fully saturated rings. The van der Waals surface area contributed by atoms with Crippen LogP contribution >= 0.6 is 0 Å². The zero-order valence-electron chi connectivity index (χ0n) is 11.8. The summed E-state index contributed by atoms with van der Waals surface area (Å²) < 4.78 is 0. The first-order chi connectivity index (χ1) is 9.00. The van der Waals surface area contributed by atoms with E-state index in [1.165, 1.54) is 0 Å². The Morgan fingerprint density at radius 2 is 2.21 bits per heavy atom. The summed E-state index contributed by atoms with van der Waals surface area (Å²) in [6.07, 6.45) is 2.72. The number of hydrogen-bond donors (Lipinski definition) is 1. The highest BCUT2D eigenvalue weighted by Crippen LogP contribution is 2.24. The van der Waals surface area contributed by atoms with E-state index in [0.717, 1.165) is 31.6 Å². The lowest BCUT2D eigenvalue weighted by Gasteiger charge is -2.30. The Labute approximate surface area is 113 Å². The van der Waals surface area contributed by atoms with Gasteiger partial charge < -0.3 is 14.9 Å². The minimum atomic E-state index is -0.898. The number of anilines is 1. The van der Waals surface area contributed by atoms with Crippen LogP contribution in [0.1, 0.15) is 29.3 Å². The Morgan fingerprint density at radius 1 is 1.47 bits per heavy atom. The average molecular weight is 263 g/mol. The van der Waals surface area contributed by atoms with Crippen LogP contribution < -0.4 is 4.90 Å². The van der Waals surface area contributed by atoms with E-state index in [2.05, 4.69) is 28.8 Å². The van der Waals surface area contributed by atoms with E-state index in [0.29, 0.717) is 11.4 Å². The second-order valence-electron chi connectivity index (χ2n) is 5.29. The lowest BCUT2D eigenvalue weighted by molar-refractivity contribution is 0.0696. The van der Waals surface area contributed by atoms with Gasteiger partial charge in [-0.3, -0.25) is 0 Å². The van der Waals surface area contributed by atoms with E-state index in [9.17, 15) is 9.90 Å². The van der Waals surface area contributed by atoms with Crippen molar-refractivity contribution >= 4 is 11.8 Å². The Morgan fingerprint density at radius 3 is 2.89 bits per heavy atom. The van der Waals surface area contributed by atoms with Crippen molar-refractivity contribution in [2.75, 3.05) is 31.6 Å². The predicted octanol–water partition coefficient (Wildman–Crippen LogP) is 1.62. The Hall–Kier alpha value is -1.62. The molecule has 1 aliphatic rings. The molecule has 1 saturated heterocycles. The number of likely N-dealkylation sites (N-methyl/N-ethyl adjacent to an activating group) is 1. The Kier molecular flexibility index (Phi) is 4.04. The van der Waals surface area contributed by atoms with Gasteiger partial charge in [-0.05, 0) is 45.5 Å². The standard InChI is InChI=1S/C14H21N3O2/c1-10-5-6-15-13(12(10)14(18)19)17-8-4-7-16(3)9-11(17)2/h5-6,11H,4,7-9H2,1-3H3,(H,18,19). The van der Waals surface area contributed by atoms with Crippen LogP contribution in [0.3, 0.4) is 0 Å². The van der Waals surface area contributed by atoms with Crippen LogP contribution in [0.4, 0.5) is 5.82 Å². The Balaban J connectivity index is 2.40. The molecule has 19 heavy (non-hydrogen) atoms. The van der Waals surface area contributed by atoms with Crippen LogP contribution in [0.2, 0.25) is 0 Å². The molecule has 0 radical (unpaired) electrons. The number of rotatable bonds is 2. The number of carboxylic acids is 1. The largest absolute Gasteiger partial charge is 0.478 e. The third-order valence-electron chi connectivity index (χ3n) is 3.67. The molecule has 1 aliphatic heterocycles. The van der Waals surface area contributed by atoms with Gasteiger partial charge >= 0.3 is 5.97 Å². The predicted molar refractivity (Wildman–Crippen MR) is 74.9 cm³/mol. The number of carbonyl (C=O) groups is 1. The summed E-state index contributed by atoms with van der Waals surface area (Å²) in [5.41, 5.74) is 1.10. The molecule has 0 aliphatic carbocycles. The third kappa shape index (κ3) is 2.87. The van der Waals surface area contributed by atoms with Crippen LogP contribution in [0.25, 0.3) is 0 Å². The summed E-state index contributed by atoms with van der Waals surface area (Å²) in [6.45, 7) is 6.76. The molecule has 2 heterocycles. The molecule has 2 rings (SSSR count). The van der Waals surface area contributed by atoms with E-state index < -0.39 is 5.97 Å². The minimum absolute atomic E-state index is 0.264. The normalized spacial score (nSPS) is 21.2. The maximum absolute atomic E-state index is 11.5. The molecule has 1 unspecified atom stereocenters. The molecule has 0 spiro atoms. The van der Waals surface area contributed by atoms with Crippen molar-refractivity contribution in [2.24, 2.45) is 0 Å². The van der Waals surface area contributed by atoms with Gasteiger partial charge in [-0.25, -0.2) is 9.78 Å². The minimum Gasteiger partial charge on any atom is -0.478 e. The lowest BCUT2D eigenvalue weighted by atomic mass is 10.1. The molecular weight excluding hydrogens is 242 g/mol. The van der Waals surface area contributed by atoms with Gasteiger partial charge in [0.05, 0.1) is 0 Å². The SMILES string of the molecule is Cc1ccnc(N2CCCN(C)CC2C)c1C(=O)O. The van der Waals surface area contributed by atoms with E-state index in [1.54, 1.807) is 12.3 Å². The van der Waals surface area contributed by atoms with Crippen LogP contribution in [0.15, 0.2) is 12.3 Å². The molecule has 1 aromatic heterocycles. The molecule has 0 aromatic carbocycles. The van der Waals surface area contributed by atoms with Crippen molar-refractivity contribution in [3.8, 4) is 0 Å². The summed E-state index contributed by atoms with van der Waals surface area (Å²) in [5, 5.41) is 9.41. The van der Waals surface area contributed by atoms with Gasteiger partial charge in [0.1, 0.15) is 11.4 Å². The summed E-state index contributed by atoms with van der Waals surface area (Å²) in [5.74, 6) is -0.291. The zero-order chi connectivity index (χ0) is 14.0. The second-order valence-corrected chi connectivity index (χ2v) is 5.29. The maximum atomic E-state index is 11.5. The lowest BCUT2D eigenvalue weighted by Crippen LogP contribution is -2.39. The van der Waals surface area contributed by atoms with Crippen molar-refractivity contribution in [3.05, 3.63) is 23.4 Å². The summed E-state index contributed by atoms with van der Waals surface area (Å²) in [7, 11) is 2.10. The first kappa shape index (κ1) is 13.8. The van der Waals surface area contributed by atoms with Crippen molar-refractivity contribution in [3.63, 3.8) is 0 Å². The molecule has 0 amide bonds. The third-order valence-corrected chi connectivity index (χ3v) is 3.67. The zero-order valence-corrected chi connectivity index (χ0v) is 11.8. The van der Waals surface area contributed by atoms with Crippen LogP contribution in [-0.2, 0) is 0 Å². The van der Waals surface area contributed by atoms with E-state index in [1.807, 2.05) is 6.92 Å². The average Bonchev–Trinajstić information content (AvgIpc) is 2.49. The number of aromatic nitrogens is 1. The number of aryl methyl sites for hydroxylation is 1. The van der Waals surface area contributed by atoms with Gasteiger partial charge in [-0.2, -0.15) is 0 Å². The van der Waals surface area contributed by atoms with Gasteiger partial charge in [-0.1, -0.05) is 0 Å². The fraction of sp³-hybridized carbons (Fsp3) is 0.571. The molecule has 104 valence electrons. The van der Waals surface area contributed by atoms with Crippen LogP contribution in [-0.4, -0.2) is 53.7 Å². The van der Waals surface area contributed by atoms with Crippen LogP contribution in [0, 0.1) is 6.92 Å². The first-order valence-electron chi connectivity index (χ1n) is 6.64. The van der Waals surface area contributed by atoms with Gasteiger partial charge in [0.25, 0.3) is 0 Å². The quantitative estimate of drug-likeness (QED) is 0.878. The number of pyridine rings is 1. The highest BCUT2D eigenvalue weighted by atomic mass is 16.4.